The Morgan fingerprint density at radius 3 is 2.02 bits per heavy atom. The average Bonchev–Trinajstić information content (AvgIpc) is 3.74. The number of furan rings is 1. The summed E-state index contributed by atoms with van der Waals surface area (Å²) >= 11 is 0. The minimum Gasteiger partial charge on any atom is -0.456 e. The quantitative estimate of drug-likeness (QED) is 0.193. The van der Waals surface area contributed by atoms with Crippen molar-refractivity contribution in [3.8, 4) is 16.8 Å². The van der Waals surface area contributed by atoms with Gasteiger partial charge in [0.2, 0.25) is 0 Å². The van der Waals surface area contributed by atoms with Gasteiger partial charge in [0.1, 0.15) is 11.2 Å². The first-order valence-electron chi connectivity index (χ1n) is 17.0. The highest BCUT2D eigenvalue weighted by Crippen LogP contribution is 2.51. The summed E-state index contributed by atoms with van der Waals surface area (Å²) in [5.41, 5.74) is 15.2. The molecule has 7 aromatic carbocycles. The zero-order valence-corrected chi connectivity index (χ0v) is 27.7. The van der Waals surface area contributed by atoms with Gasteiger partial charge in [-0.15, -0.1) is 0 Å². The second kappa shape index (κ2) is 10.2. The Balaban J connectivity index is 1.21. The number of nitrogens with zero attached hydrogens (tertiary/aromatic N) is 2. The van der Waals surface area contributed by atoms with Gasteiger partial charge in [0.25, 0.3) is 0 Å². The van der Waals surface area contributed by atoms with Crippen LogP contribution < -0.4 is 4.90 Å². The molecule has 0 saturated carbocycles. The van der Waals surface area contributed by atoms with Gasteiger partial charge < -0.3 is 13.9 Å². The van der Waals surface area contributed by atoms with E-state index in [1.54, 1.807) is 0 Å². The average molecular weight is 631 g/mol. The maximum Gasteiger partial charge on any atom is 0.135 e. The van der Waals surface area contributed by atoms with E-state index in [4.69, 9.17) is 4.42 Å². The molecule has 1 aliphatic carbocycles. The van der Waals surface area contributed by atoms with Crippen LogP contribution >= 0.6 is 0 Å². The summed E-state index contributed by atoms with van der Waals surface area (Å²) in [6.07, 6.45) is 0. The molecule has 0 atom stereocenters. The van der Waals surface area contributed by atoms with Crippen molar-refractivity contribution < 1.29 is 4.42 Å². The molecular formula is C46H34N2O. The zero-order valence-electron chi connectivity index (χ0n) is 27.7. The van der Waals surface area contributed by atoms with Crippen LogP contribution in [0, 0.1) is 6.92 Å². The number of benzene rings is 7. The fourth-order valence-electron chi connectivity index (χ4n) is 8.20. The van der Waals surface area contributed by atoms with E-state index in [9.17, 15) is 0 Å². The Hall–Kier alpha value is -6.06. The molecule has 1 aliphatic rings. The van der Waals surface area contributed by atoms with Gasteiger partial charge >= 0.3 is 0 Å². The summed E-state index contributed by atoms with van der Waals surface area (Å²) in [6, 6.07) is 55.3. The van der Waals surface area contributed by atoms with Gasteiger partial charge in [-0.1, -0.05) is 104 Å². The smallest absolute Gasteiger partial charge is 0.135 e. The maximum absolute atomic E-state index is 6.21. The van der Waals surface area contributed by atoms with Gasteiger partial charge in [0, 0.05) is 49.7 Å². The number of fused-ring (bicyclic) bond motifs is 9. The lowest BCUT2D eigenvalue weighted by Crippen LogP contribution is -2.16. The fourth-order valence-corrected chi connectivity index (χ4v) is 8.20. The lowest BCUT2D eigenvalue weighted by molar-refractivity contribution is 0.660. The van der Waals surface area contributed by atoms with Gasteiger partial charge in [0.05, 0.1) is 11.0 Å². The summed E-state index contributed by atoms with van der Waals surface area (Å²) < 4.78 is 8.62. The van der Waals surface area contributed by atoms with Gasteiger partial charge in [-0.05, 0) is 95.9 Å². The van der Waals surface area contributed by atoms with Gasteiger partial charge in [0.15, 0.2) is 0 Å². The van der Waals surface area contributed by atoms with Crippen LogP contribution in [0.1, 0.15) is 30.5 Å². The van der Waals surface area contributed by atoms with Crippen molar-refractivity contribution >= 4 is 60.8 Å². The first-order chi connectivity index (χ1) is 24.0. The van der Waals surface area contributed by atoms with E-state index in [1.807, 2.05) is 12.1 Å². The fraction of sp³-hybridized carbons (Fsp3) is 0.0870. The predicted molar refractivity (Wildman–Crippen MR) is 205 cm³/mol. The van der Waals surface area contributed by atoms with Crippen LogP contribution in [0.15, 0.2) is 156 Å². The summed E-state index contributed by atoms with van der Waals surface area (Å²) in [6.45, 7) is 6.85. The Morgan fingerprint density at radius 1 is 0.490 bits per heavy atom. The highest BCUT2D eigenvalue weighted by Gasteiger charge is 2.35. The molecule has 2 heterocycles. The summed E-state index contributed by atoms with van der Waals surface area (Å²) in [5, 5.41) is 4.72. The molecule has 0 N–H and O–H groups in total. The van der Waals surface area contributed by atoms with Crippen LogP contribution in [0.3, 0.4) is 0 Å². The maximum atomic E-state index is 6.21. The molecule has 0 spiro atoms. The van der Waals surface area contributed by atoms with Crippen LogP contribution in [0.25, 0.3) is 60.6 Å². The minimum absolute atomic E-state index is 0.0901. The van der Waals surface area contributed by atoms with Crippen molar-refractivity contribution in [3.63, 3.8) is 0 Å². The van der Waals surface area contributed by atoms with Crippen molar-refractivity contribution in [2.75, 3.05) is 4.90 Å². The molecule has 0 fully saturated rings. The highest BCUT2D eigenvalue weighted by molar-refractivity contribution is 6.11. The molecule has 10 rings (SSSR count). The van der Waals surface area contributed by atoms with Crippen LogP contribution in [0.2, 0.25) is 0 Å². The minimum atomic E-state index is -0.0901. The Bertz CT molecular complexity index is 2760. The van der Waals surface area contributed by atoms with E-state index < -0.39 is 0 Å². The molecule has 9 aromatic rings. The van der Waals surface area contributed by atoms with Gasteiger partial charge in [-0.3, -0.25) is 0 Å². The van der Waals surface area contributed by atoms with Crippen molar-refractivity contribution in [2.24, 2.45) is 0 Å². The number of rotatable bonds is 4. The molecular weight excluding hydrogens is 597 g/mol. The van der Waals surface area contributed by atoms with Crippen molar-refractivity contribution in [1.82, 2.24) is 4.57 Å². The Kier molecular flexibility index (Phi) is 5.84. The predicted octanol–water partition coefficient (Wildman–Crippen LogP) is 12.8. The molecule has 0 amide bonds. The van der Waals surface area contributed by atoms with E-state index in [2.05, 4.69) is 170 Å². The van der Waals surface area contributed by atoms with Crippen LogP contribution in [0.5, 0.6) is 0 Å². The third kappa shape index (κ3) is 4.09. The van der Waals surface area contributed by atoms with Crippen molar-refractivity contribution in [2.45, 2.75) is 26.2 Å². The Morgan fingerprint density at radius 2 is 1.14 bits per heavy atom. The topological polar surface area (TPSA) is 21.3 Å². The summed E-state index contributed by atoms with van der Waals surface area (Å²) in [7, 11) is 0. The van der Waals surface area contributed by atoms with Crippen LogP contribution in [-0.2, 0) is 5.41 Å². The number of aryl methyl sites for hydroxylation is 1. The van der Waals surface area contributed by atoms with Gasteiger partial charge in [-0.25, -0.2) is 0 Å². The second-order valence-corrected chi connectivity index (χ2v) is 13.9. The molecule has 2 aromatic heterocycles. The van der Waals surface area contributed by atoms with E-state index >= 15 is 0 Å². The summed E-state index contributed by atoms with van der Waals surface area (Å²) in [5.74, 6) is 0. The first kappa shape index (κ1) is 28.0. The van der Waals surface area contributed by atoms with Crippen LogP contribution in [-0.4, -0.2) is 4.57 Å². The molecule has 0 bridgehead atoms. The van der Waals surface area contributed by atoms with Gasteiger partial charge in [-0.2, -0.15) is 0 Å². The number of anilines is 3. The first-order valence-corrected chi connectivity index (χ1v) is 17.0. The molecule has 234 valence electrons. The zero-order chi connectivity index (χ0) is 32.9. The van der Waals surface area contributed by atoms with E-state index in [0.29, 0.717) is 0 Å². The lowest BCUT2D eigenvalue weighted by atomic mass is 9.82. The molecule has 3 nitrogen and oxygen atoms in total. The number of hydrogen-bond acceptors (Lipinski definition) is 2. The lowest BCUT2D eigenvalue weighted by Gasteiger charge is -2.28. The molecule has 0 unspecified atom stereocenters. The second-order valence-electron chi connectivity index (χ2n) is 13.9. The molecule has 0 saturated heterocycles. The Labute approximate surface area is 285 Å². The third-order valence-corrected chi connectivity index (χ3v) is 10.7. The SMILES string of the molecule is Cc1ccc(N(c2ccc3c(c2)C(C)(C)c2ccccc2-3)c2ccc3c4ccccc4n(-c4ccc5oc6ccccc6c5c4)c3c2)cc1. The number of aromatic nitrogens is 1. The molecule has 3 heteroatoms. The van der Waals surface area contributed by atoms with E-state index in [0.717, 1.165) is 50.2 Å². The monoisotopic (exact) mass is 630 g/mol. The van der Waals surface area contributed by atoms with E-state index in [-0.39, 0.29) is 5.41 Å². The largest absolute Gasteiger partial charge is 0.456 e. The number of hydrogen-bond donors (Lipinski definition) is 0. The van der Waals surface area contributed by atoms with Crippen molar-refractivity contribution in [1.29, 1.82) is 0 Å². The molecule has 0 aliphatic heterocycles. The standard InChI is InChI=1S/C46H34N2O/c1-29-16-18-30(19-17-29)47(32-20-23-35-34-10-4-7-13-40(34)46(2,3)41(35)27-32)33-21-24-37-36-11-5-8-14-42(36)48(43(37)28-33)31-22-25-45-39(26-31)38-12-6-9-15-44(38)49-45/h4-28H,1-3H3. The van der Waals surface area contributed by atoms with Crippen LogP contribution in [0.4, 0.5) is 17.1 Å². The highest BCUT2D eigenvalue weighted by atomic mass is 16.3. The third-order valence-electron chi connectivity index (χ3n) is 10.7. The van der Waals surface area contributed by atoms with E-state index in [1.165, 1.54) is 44.1 Å². The number of para-hydroxylation sites is 2. The normalized spacial score (nSPS) is 13.4. The van der Waals surface area contributed by atoms with Crippen molar-refractivity contribution in [3.05, 3.63) is 168 Å². The molecule has 0 radical (unpaired) electrons. The molecule has 49 heavy (non-hydrogen) atoms. The summed E-state index contributed by atoms with van der Waals surface area (Å²) in [4.78, 5) is 2.41.